The van der Waals surface area contributed by atoms with Gasteiger partial charge in [-0.1, -0.05) is 11.6 Å². The highest BCUT2D eigenvalue weighted by molar-refractivity contribution is 7.26. The highest BCUT2D eigenvalue weighted by atomic mass is 35.5. The minimum absolute atomic E-state index is 0.0831. The van der Waals surface area contributed by atoms with E-state index < -0.39 is 5.60 Å². The molecule has 3 aromatic rings. The Morgan fingerprint density at radius 3 is 2.58 bits per heavy atom. The van der Waals surface area contributed by atoms with Crippen LogP contribution in [0.4, 0.5) is 10.6 Å². The summed E-state index contributed by atoms with van der Waals surface area (Å²) in [6.45, 7) is 7.06. The molecule has 0 N–H and O–H groups in total. The third kappa shape index (κ3) is 3.53. The molecular formula is C21H24ClN5O3S. The van der Waals surface area contributed by atoms with Gasteiger partial charge in [0.1, 0.15) is 21.4 Å². The number of aromatic nitrogens is 3. The summed E-state index contributed by atoms with van der Waals surface area (Å²) in [7, 11) is 1.57. The van der Waals surface area contributed by atoms with E-state index in [0.717, 1.165) is 39.0 Å². The lowest BCUT2D eigenvalue weighted by atomic mass is 10.1. The number of fused-ring (bicyclic) bond motifs is 5. The Hall–Kier alpha value is -2.39. The summed E-state index contributed by atoms with van der Waals surface area (Å²) in [6.07, 6.45) is 3.37. The van der Waals surface area contributed by atoms with Crippen molar-refractivity contribution >= 4 is 55.2 Å². The Bertz CT molecular complexity index is 1160. The second-order valence-electron chi connectivity index (χ2n) is 8.97. The van der Waals surface area contributed by atoms with Crippen LogP contribution in [0.25, 0.3) is 20.3 Å². The van der Waals surface area contributed by atoms with Crippen molar-refractivity contribution in [3.05, 3.63) is 17.4 Å². The van der Waals surface area contributed by atoms with Gasteiger partial charge in [-0.15, -0.1) is 11.3 Å². The molecule has 2 unspecified atom stereocenters. The van der Waals surface area contributed by atoms with Gasteiger partial charge in [0, 0.05) is 24.7 Å². The van der Waals surface area contributed by atoms with Gasteiger partial charge in [0.15, 0.2) is 0 Å². The maximum Gasteiger partial charge on any atom is 0.410 e. The molecule has 0 aliphatic carbocycles. The van der Waals surface area contributed by atoms with Crippen molar-refractivity contribution in [2.75, 3.05) is 25.1 Å². The van der Waals surface area contributed by atoms with Gasteiger partial charge >= 0.3 is 12.1 Å². The molecule has 2 bridgehead atoms. The van der Waals surface area contributed by atoms with E-state index in [4.69, 9.17) is 26.1 Å². The van der Waals surface area contributed by atoms with Crippen LogP contribution in [0.5, 0.6) is 6.01 Å². The van der Waals surface area contributed by atoms with Crippen LogP contribution in [0.15, 0.2) is 12.3 Å². The van der Waals surface area contributed by atoms with Crippen LogP contribution in [0.2, 0.25) is 5.15 Å². The van der Waals surface area contributed by atoms with Crippen molar-refractivity contribution in [3.8, 4) is 6.01 Å². The Morgan fingerprint density at radius 1 is 1.23 bits per heavy atom. The van der Waals surface area contributed by atoms with E-state index in [1.54, 1.807) is 13.3 Å². The van der Waals surface area contributed by atoms with Crippen LogP contribution in [-0.4, -0.2) is 63.8 Å². The molecule has 2 fully saturated rings. The zero-order chi connectivity index (χ0) is 21.9. The number of pyridine rings is 1. The van der Waals surface area contributed by atoms with Gasteiger partial charge < -0.3 is 14.4 Å². The molecule has 31 heavy (non-hydrogen) atoms. The van der Waals surface area contributed by atoms with Crippen LogP contribution in [-0.2, 0) is 4.74 Å². The predicted octanol–water partition coefficient (Wildman–Crippen LogP) is 4.49. The van der Waals surface area contributed by atoms with E-state index in [1.165, 1.54) is 11.3 Å². The first-order valence-electron chi connectivity index (χ1n) is 10.3. The molecule has 5 heterocycles. The number of hydrogen-bond donors (Lipinski definition) is 0. The molecule has 0 spiro atoms. The van der Waals surface area contributed by atoms with E-state index in [-0.39, 0.29) is 18.2 Å². The van der Waals surface area contributed by atoms with Crippen molar-refractivity contribution in [2.24, 2.45) is 0 Å². The molecule has 2 saturated heterocycles. The third-order valence-corrected chi connectivity index (χ3v) is 7.24. The number of rotatable bonds is 2. The molecule has 2 atom stereocenters. The zero-order valence-electron chi connectivity index (χ0n) is 17.9. The standard InChI is InChI=1S/C21H24ClN5O3S/c1-21(2,3)30-20(28)27-11-5-6-12(27)10-26(9-11)17-14-13-7-8-23-16(22)15(13)31-18(14)25-19(24-17)29-4/h7-8,11-12H,5-6,9-10H2,1-4H3. The normalized spacial score (nSPS) is 21.2. The van der Waals surface area contributed by atoms with Crippen LogP contribution in [0, 0.1) is 0 Å². The lowest BCUT2D eigenvalue weighted by Gasteiger charge is -2.42. The van der Waals surface area contributed by atoms with Crippen molar-refractivity contribution in [2.45, 2.75) is 51.3 Å². The number of carbonyl (C=O) groups excluding carboxylic acids is 1. The lowest BCUT2D eigenvalue weighted by molar-refractivity contribution is 0.0123. The highest BCUT2D eigenvalue weighted by Gasteiger charge is 2.45. The van der Waals surface area contributed by atoms with Gasteiger partial charge in [-0.05, 0) is 39.7 Å². The van der Waals surface area contributed by atoms with Crippen LogP contribution < -0.4 is 9.64 Å². The maximum absolute atomic E-state index is 12.8. The first-order valence-corrected chi connectivity index (χ1v) is 11.5. The number of halogens is 1. The van der Waals surface area contributed by atoms with Crippen molar-refractivity contribution in [1.29, 1.82) is 0 Å². The average molecular weight is 462 g/mol. The summed E-state index contributed by atoms with van der Waals surface area (Å²) >= 11 is 7.84. The van der Waals surface area contributed by atoms with Gasteiger partial charge in [0.2, 0.25) is 0 Å². The largest absolute Gasteiger partial charge is 0.467 e. The quantitative estimate of drug-likeness (QED) is 0.520. The fraction of sp³-hybridized carbons (Fsp3) is 0.524. The summed E-state index contributed by atoms with van der Waals surface area (Å²) in [5.74, 6) is 0.816. The SMILES string of the molecule is COc1nc(N2CC3CCC(C2)N3C(=O)OC(C)(C)C)c2c(n1)sc1c(Cl)nccc12. The van der Waals surface area contributed by atoms with Crippen LogP contribution in [0.3, 0.4) is 0 Å². The van der Waals surface area contributed by atoms with E-state index in [0.29, 0.717) is 24.3 Å². The monoisotopic (exact) mass is 461 g/mol. The first kappa shape index (κ1) is 20.5. The third-order valence-electron chi connectivity index (χ3n) is 5.73. The molecule has 8 nitrogen and oxygen atoms in total. The summed E-state index contributed by atoms with van der Waals surface area (Å²) in [5, 5.41) is 2.40. The molecule has 164 valence electrons. The number of nitrogens with zero attached hydrogens (tertiary/aromatic N) is 5. The van der Waals surface area contributed by atoms with Crippen molar-refractivity contribution in [3.63, 3.8) is 0 Å². The number of thiophene rings is 1. The summed E-state index contributed by atoms with van der Waals surface area (Å²) in [4.78, 5) is 31.3. The maximum atomic E-state index is 12.8. The fourth-order valence-corrected chi connectivity index (χ4v) is 5.85. The molecular weight excluding hydrogens is 438 g/mol. The minimum atomic E-state index is -0.511. The Morgan fingerprint density at radius 2 is 1.94 bits per heavy atom. The minimum Gasteiger partial charge on any atom is -0.467 e. The van der Waals surface area contributed by atoms with Gasteiger partial charge in [0.25, 0.3) is 0 Å². The van der Waals surface area contributed by atoms with Crippen molar-refractivity contribution < 1.29 is 14.3 Å². The second-order valence-corrected chi connectivity index (χ2v) is 10.3. The number of anilines is 1. The predicted molar refractivity (Wildman–Crippen MR) is 121 cm³/mol. The van der Waals surface area contributed by atoms with E-state index in [9.17, 15) is 4.79 Å². The van der Waals surface area contributed by atoms with Crippen LogP contribution >= 0.6 is 22.9 Å². The molecule has 2 aliphatic heterocycles. The number of methoxy groups -OCH3 is 1. The lowest BCUT2D eigenvalue weighted by Crippen LogP contribution is -2.57. The smallest absolute Gasteiger partial charge is 0.410 e. The molecule has 1 amide bonds. The van der Waals surface area contributed by atoms with Gasteiger partial charge in [-0.25, -0.2) is 9.78 Å². The van der Waals surface area contributed by atoms with E-state index in [2.05, 4.69) is 14.9 Å². The summed E-state index contributed by atoms with van der Waals surface area (Å²) in [6, 6.07) is 2.44. The van der Waals surface area contributed by atoms with E-state index in [1.807, 2.05) is 31.7 Å². The molecule has 3 aromatic heterocycles. The van der Waals surface area contributed by atoms with Gasteiger partial charge in [-0.3, -0.25) is 4.90 Å². The Labute approximate surface area is 189 Å². The van der Waals surface area contributed by atoms with Crippen LogP contribution in [0.1, 0.15) is 33.6 Å². The molecule has 0 radical (unpaired) electrons. The molecule has 0 aromatic carbocycles. The number of amides is 1. The number of hydrogen-bond acceptors (Lipinski definition) is 8. The fourth-order valence-electron chi connectivity index (χ4n) is 4.54. The highest BCUT2D eigenvalue weighted by Crippen LogP contribution is 2.43. The number of carbonyl (C=O) groups is 1. The zero-order valence-corrected chi connectivity index (χ0v) is 19.5. The van der Waals surface area contributed by atoms with Crippen molar-refractivity contribution in [1.82, 2.24) is 19.9 Å². The Balaban J connectivity index is 1.54. The number of piperazine rings is 1. The molecule has 0 saturated carbocycles. The second kappa shape index (κ2) is 7.34. The topological polar surface area (TPSA) is 80.7 Å². The summed E-state index contributed by atoms with van der Waals surface area (Å²) in [5.41, 5.74) is -0.511. The average Bonchev–Trinajstić information content (AvgIpc) is 3.21. The van der Waals surface area contributed by atoms with Gasteiger partial charge in [-0.2, -0.15) is 9.97 Å². The summed E-state index contributed by atoms with van der Waals surface area (Å²) < 4.78 is 11.9. The number of ether oxygens (including phenoxy) is 2. The van der Waals surface area contributed by atoms with E-state index >= 15 is 0 Å². The first-order chi connectivity index (χ1) is 14.7. The Kier molecular flexibility index (Phi) is 4.86. The molecule has 2 aliphatic rings. The molecule has 5 rings (SSSR count). The molecule has 10 heteroatoms. The van der Waals surface area contributed by atoms with Gasteiger partial charge in [0.05, 0.1) is 29.3 Å².